The number of hydrogen-bond donors (Lipinski definition) is 0. The van der Waals surface area contributed by atoms with Gasteiger partial charge in [-0.1, -0.05) is 26.7 Å². The summed E-state index contributed by atoms with van der Waals surface area (Å²) in [6.07, 6.45) is 1.04. The van der Waals surface area contributed by atoms with Crippen molar-refractivity contribution in [3.8, 4) is 17.6 Å². The second-order valence-electron chi connectivity index (χ2n) is 5.29. The van der Waals surface area contributed by atoms with Crippen LogP contribution >= 0.6 is 0 Å². The molecule has 1 aromatic carbocycles. The lowest BCUT2D eigenvalue weighted by molar-refractivity contribution is 0.317. The zero-order chi connectivity index (χ0) is 14.4. The number of ether oxygens (including phenoxy) is 1. The van der Waals surface area contributed by atoms with Gasteiger partial charge in [-0.2, -0.15) is 0 Å². The van der Waals surface area contributed by atoms with Crippen LogP contribution in [0.4, 0.5) is 0 Å². The molecule has 1 rings (SSSR count). The zero-order valence-electron chi connectivity index (χ0n) is 13.1. The van der Waals surface area contributed by atoms with Crippen LogP contribution in [-0.2, 0) is 0 Å². The van der Waals surface area contributed by atoms with Crippen molar-refractivity contribution in [3.63, 3.8) is 0 Å². The number of rotatable bonds is 5. The molecule has 0 aliphatic carbocycles. The maximum Gasteiger partial charge on any atom is 0.119 e. The van der Waals surface area contributed by atoms with Crippen LogP contribution in [0, 0.1) is 31.6 Å². The molecule has 0 N–H and O–H groups in total. The average molecular weight is 258 g/mol. The summed E-state index contributed by atoms with van der Waals surface area (Å²) in [5.41, 5.74) is 4.03. The third-order valence-electron chi connectivity index (χ3n) is 3.62. The summed E-state index contributed by atoms with van der Waals surface area (Å²) in [5.74, 6) is 8.11. The summed E-state index contributed by atoms with van der Waals surface area (Å²) < 4.78 is 5.73. The molecular formula is C18H26O. The second kappa shape index (κ2) is 7.24. The lowest BCUT2D eigenvalue weighted by Crippen LogP contribution is -2.08. The van der Waals surface area contributed by atoms with Gasteiger partial charge in [0.05, 0.1) is 6.61 Å². The van der Waals surface area contributed by atoms with Crippen molar-refractivity contribution in [2.75, 3.05) is 6.61 Å². The normalized spacial score (nSPS) is 13.4. The van der Waals surface area contributed by atoms with Gasteiger partial charge in [0.25, 0.3) is 0 Å². The smallest absolute Gasteiger partial charge is 0.119 e. The maximum atomic E-state index is 5.73. The summed E-state index contributed by atoms with van der Waals surface area (Å²) in [5, 5.41) is 0. The molecule has 0 bridgehead atoms. The van der Waals surface area contributed by atoms with E-state index in [1.165, 1.54) is 16.7 Å². The molecule has 19 heavy (non-hydrogen) atoms. The Morgan fingerprint density at radius 1 is 1.16 bits per heavy atom. The highest BCUT2D eigenvalue weighted by Crippen LogP contribution is 2.32. The molecular weight excluding hydrogens is 232 g/mol. The van der Waals surface area contributed by atoms with Crippen LogP contribution < -0.4 is 4.74 Å². The molecule has 0 aliphatic rings. The van der Waals surface area contributed by atoms with Crippen LogP contribution in [0.3, 0.4) is 0 Å². The Balaban J connectivity index is 3.04. The molecule has 0 saturated heterocycles. The first-order chi connectivity index (χ1) is 9.01. The van der Waals surface area contributed by atoms with Crippen LogP contribution in [0.15, 0.2) is 12.1 Å². The minimum Gasteiger partial charge on any atom is -0.494 e. The van der Waals surface area contributed by atoms with Gasteiger partial charge in [0.15, 0.2) is 0 Å². The van der Waals surface area contributed by atoms with Gasteiger partial charge in [-0.05, 0) is 61.9 Å². The Kier molecular flexibility index (Phi) is 5.96. The van der Waals surface area contributed by atoms with Crippen LogP contribution in [0.25, 0.3) is 0 Å². The van der Waals surface area contributed by atoms with Gasteiger partial charge in [0.1, 0.15) is 5.75 Å². The molecule has 2 unspecified atom stereocenters. The summed E-state index contributed by atoms with van der Waals surface area (Å²) in [6, 6.07) is 4.31. The first-order valence-corrected chi connectivity index (χ1v) is 7.17. The van der Waals surface area contributed by atoms with E-state index in [0.29, 0.717) is 11.8 Å². The van der Waals surface area contributed by atoms with Crippen molar-refractivity contribution < 1.29 is 4.74 Å². The molecule has 104 valence electrons. The molecule has 0 aliphatic heterocycles. The predicted octanol–water partition coefficient (Wildman–Crippen LogP) is 4.86. The van der Waals surface area contributed by atoms with E-state index < -0.39 is 0 Å². The minimum atomic E-state index is 0.379. The van der Waals surface area contributed by atoms with Crippen LogP contribution in [0.1, 0.15) is 56.7 Å². The predicted molar refractivity (Wildman–Crippen MR) is 82.7 cm³/mol. The lowest BCUT2D eigenvalue weighted by Gasteiger charge is -2.21. The Morgan fingerprint density at radius 2 is 1.74 bits per heavy atom. The van der Waals surface area contributed by atoms with Crippen LogP contribution in [0.5, 0.6) is 5.75 Å². The molecule has 1 nitrogen and oxygen atoms in total. The molecule has 0 amide bonds. The monoisotopic (exact) mass is 258 g/mol. The van der Waals surface area contributed by atoms with E-state index in [4.69, 9.17) is 4.74 Å². The van der Waals surface area contributed by atoms with E-state index >= 15 is 0 Å². The summed E-state index contributed by atoms with van der Waals surface area (Å²) >= 11 is 0. The standard InChI is InChI=1S/C18H26O/c1-7-9-13(3)16(6)18-14(4)11-17(12-15(18)5)19-10-8-2/h11-13,16H,8,10H2,1-6H3. The first-order valence-electron chi connectivity index (χ1n) is 7.17. The van der Waals surface area contributed by atoms with Crippen molar-refractivity contribution in [1.82, 2.24) is 0 Å². The van der Waals surface area contributed by atoms with E-state index in [0.717, 1.165) is 18.8 Å². The molecule has 0 spiro atoms. The van der Waals surface area contributed by atoms with Gasteiger partial charge in [0, 0.05) is 5.92 Å². The van der Waals surface area contributed by atoms with E-state index in [1.807, 2.05) is 6.92 Å². The van der Waals surface area contributed by atoms with Gasteiger partial charge in [-0.15, -0.1) is 5.92 Å². The molecule has 0 fully saturated rings. The molecule has 0 radical (unpaired) electrons. The third kappa shape index (κ3) is 4.03. The lowest BCUT2D eigenvalue weighted by atomic mass is 9.84. The molecule has 1 aromatic rings. The summed E-state index contributed by atoms with van der Waals surface area (Å²) in [6.45, 7) is 13.6. The van der Waals surface area contributed by atoms with Gasteiger partial charge >= 0.3 is 0 Å². The molecule has 1 heteroatoms. The topological polar surface area (TPSA) is 9.23 Å². The van der Waals surface area contributed by atoms with Crippen molar-refractivity contribution in [3.05, 3.63) is 28.8 Å². The molecule has 0 aromatic heterocycles. The highest BCUT2D eigenvalue weighted by Gasteiger charge is 2.17. The molecule has 0 heterocycles. The zero-order valence-corrected chi connectivity index (χ0v) is 13.1. The fraction of sp³-hybridized carbons (Fsp3) is 0.556. The van der Waals surface area contributed by atoms with Crippen molar-refractivity contribution >= 4 is 0 Å². The third-order valence-corrected chi connectivity index (χ3v) is 3.62. The number of aryl methyl sites for hydroxylation is 2. The highest BCUT2D eigenvalue weighted by atomic mass is 16.5. The maximum absolute atomic E-state index is 5.73. The Labute approximate surface area is 118 Å². The van der Waals surface area contributed by atoms with Gasteiger partial charge in [0.2, 0.25) is 0 Å². The Hall–Kier alpha value is -1.42. The van der Waals surface area contributed by atoms with E-state index in [-0.39, 0.29) is 0 Å². The average Bonchev–Trinajstić information content (AvgIpc) is 2.35. The Morgan fingerprint density at radius 3 is 2.21 bits per heavy atom. The van der Waals surface area contributed by atoms with Crippen LogP contribution in [0.2, 0.25) is 0 Å². The fourth-order valence-electron chi connectivity index (χ4n) is 2.56. The largest absolute Gasteiger partial charge is 0.494 e. The van der Waals surface area contributed by atoms with Gasteiger partial charge in [-0.3, -0.25) is 0 Å². The first kappa shape index (κ1) is 15.6. The quantitative estimate of drug-likeness (QED) is 0.686. The Bertz CT molecular complexity index is 453. The van der Waals surface area contributed by atoms with Crippen LogP contribution in [-0.4, -0.2) is 6.61 Å². The highest BCUT2D eigenvalue weighted by molar-refractivity contribution is 5.43. The van der Waals surface area contributed by atoms with Crippen molar-refractivity contribution in [2.24, 2.45) is 5.92 Å². The van der Waals surface area contributed by atoms with E-state index in [1.54, 1.807) is 0 Å². The minimum absolute atomic E-state index is 0.379. The summed E-state index contributed by atoms with van der Waals surface area (Å²) in [7, 11) is 0. The fourth-order valence-corrected chi connectivity index (χ4v) is 2.56. The van der Waals surface area contributed by atoms with E-state index in [2.05, 4.69) is 58.6 Å². The number of benzene rings is 1. The molecule has 0 saturated carbocycles. The van der Waals surface area contributed by atoms with Gasteiger partial charge in [-0.25, -0.2) is 0 Å². The van der Waals surface area contributed by atoms with Crippen molar-refractivity contribution in [2.45, 2.75) is 53.9 Å². The van der Waals surface area contributed by atoms with E-state index in [9.17, 15) is 0 Å². The summed E-state index contributed by atoms with van der Waals surface area (Å²) in [4.78, 5) is 0. The SMILES string of the molecule is CC#CC(C)C(C)c1c(C)cc(OCCC)cc1C. The second-order valence-corrected chi connectivity index (χ2v) is 5.29. The van der Waals surface area contributed by atoms with Gasteiger partial charge < -0.3 is 4.74 Å². The number of hydrogen-bond acceptors (Lipinski definition) is 1. The molecule has 2 atom stereocenters. The van der Waals surface area contributed by atoms with Crippen molar-refractivity contribution in [1.29, 1.82) is 0 Å².